The molecule has 4 heterocycles. The molecule has 3 aromatic heterocycles. The summed E-state index contributed by atoms with van der Waals surface area (Å²) in [6, 6.07) is 2.40. The van der Waals surface area contributed by atoms with Gasteiger partial charge in [0.2, 0.25) is 5.95 Å². The van der Waals surface area contributed by atoms with Crippen LogP contribution in [-0.4, -0.2) is 53.2 Å². The molecule has 1 aliphatic rings. The van der Waals surface area contributed by atoms with Crippen LogP contribution >= 0.6 is 12.4 Å². The SMILES string of the molecule is CC(C)(O)Cn1cc(N2CCCCC2)cn1.Nc1nc2cc(OSF)c(F)cc2c2ncnn12. The molecular weight excluding hydrogens is 466 g/mol. The van der Waals surface area contributed by atoms with Gasteiger partial charge in [0.15, 0.2) is 17.2 Å². The summed E-state index contributed by atoms with van der Waals surface area (Å²) in [7, 11) is 0. The lowest BCUT2D eigenvalue weighted by atomic mass is 10.1. The Morgan fingerprint density at radius 3 is 2.68 bits per heavy atom. The van der Waals surface area contributed by atoms with Gasteiger partial charge in [0, 0.05) is 30.7 Å². The number of hydrogen-bond acceptors (Lipinski definition) is 9. The van der Waals surface area contributed by atoms with Gasteiger partial charge in [0.1, 0.15) is 6.33 Å². The number of halogens is 2. The van der Waals surface area contributed by atoms with Crippen molar-refractivity contribution in [3.63, 3.8) is 0 Å². The molecule has 0 amide bonds. The molecule has 13 heteroatoms. The van der Waals surface area contributed by atoms with Crippen molar-refractivity contribution in [1.82, 2.24) is 29.4 Å². The summed E-state index contributed by atoms with van der Waals surface area (Å²) in [6.07, 6.45) is 9.11. The molecule has 4 aromatic rings. The first-order chi connectivity index (χ1) is 16.2. The summed E-state index contributed by atoms with van der Waals surface area (Å²) in [4.78, 5) is 10.4. The Labute approximate surface area is 199 Å². The monoisotopic (exact) mass is 492 g/mol. The van der Waals surface area contributed by atoms with Gasteiger partial charge in [0.25, 0.3) is 12.4 Å². The van der Waals surface area contributed by atoms with E-state index in [1.807, 2.05) is 17.1 Å². The zero-order chi connectivity index (χ0) is 24.3. The first-order valence-electron chi connectivity index (χ1n) is 10.8. The fourth-order valence-corrected chi connectivity index (χ4v) is 4.02. The molecule has 0 saturated carbocycles. The number of anilines is 2. The number of nitrogen functional groups attached to an aromatic ring is 1. The molecule has 5 rings (SSSR count). The first kappa shape index (κ1) is 24.0. The van der Waals surface area contributed by atoms with Crippen LogP contribution in [0.2, 0.25) is 0 Å². The number of fused-ring (bicyclic) bond motifs is 3. The molecule has 0 bridgehead atoms. The van der Waals surface area contributed by atoms with Crippen LogP contribution in [0.4, 0.5) is 19.9 Å². The van der Waals surface area contributed by atoms with Gasteiger partial charge in [-0.05, 0) is 39.2 Å². The zero-order valence-electron chi connectivity index (χ0n) is 18.9. The van der Waals surface area contributed by atoms with Crippen molar-refractivity contribution in [3.8, 4) is 5.75 Å². The van der Waals surface area contributed by atoms with Gasteiger partial charge in [0.05, 0.1) is 29.5 Å². The van der Waals surface area contributed by atoms with E-state index in [2.05, 4.69) is 29.2 Å². The fourth-order valence-electron chi connectivity index (χ4n) is 3.83. The minimum Gasteiger partial charge on any atom is -0.394 e. The van der Waals surface area contributed by atoms with Crippen molar-refractivity contribution in [2.24, 2.45) is 0 Å². The third kappa shape index (κ3) is 5.47. The molecule has 182 valence electrons. The van der Waals surface area contributed by atoms with Crippen LogP contribution in [-0.2, 0) is 6.54 Å². The highest BCUT2D eigenvalue weighted by atomic mass is 32.2. The standard InChI is InChI=1S/C12H21N3O.C9H5F2N5OS/c1-12(2,16)10-15-9-11(8-13-15)14-6-4-3-5-7-14;10-5-1-4-6(2-7(5)17-18-11)15-9(12)16-8(4)13-3-14-16/h8-9,16H,3-7,10H2,1-2H3;1-3H,(H2,12,15). The van der Waals surface area contributed by atoms with E-state index >= 15 is 0 Å². The Kier molecular flexibility index (Phi) is 7.03. The van der Waals surface area contributed by atoms with Gasteiger partial charge >= 0.3 is 0 Å². The van der Waals surface area contributed by atoms with E-state index in [1.54, 1.807) is 13.8 Å². The smallest absolute Gasteiger partial charge is 0.272 e. The molecule has 1 aromatic carbocycles. The molecule has 1 saturated heterocycles. The first-order valence-corrected chi connectivity index (χ1v) is 11.4. The molecule has 0 radical (unpaired) electrons. The zero-order valence-corrected chi connectivity index (χ0v) is 19.7. The third-order valence-corrected chi connectivity index (χ3v) is 5.54. The molecule has 0 aliphatic carbocycles. The second-order valence-electron chi connectivity index (χ2n) is 8.67. The second-order valence-corrected chi connectivity index (χ2v) is 8.96. The number of nitrogens with zero attached hydrogens (tertiary/aromatic N) is 7. The number of benzene rings is 1. The van der Waals surface area contributed by atoms with Gasteiger partial charge in [-0.3, -0.25) is 4.68 Å². The van der Waals surface area contributed by atoms with Gasteiger partial charge in [-0.2, -0.15) is 14.7 Å². The number of rotatable bonds is 5. The molecule has 0 atom stereocenters. The lowest BCUT2D eigenvalue weighted by Crippen LogP contribution is -2.29. The van der Waals surface area contributed by atoms with Crippen LogP contribution in [0.25, 0.3) is 16.6 Å². The average molecular weight is 493 g/mol. The van der Waals surface area contributed by atoms with E-state index in [0.717, 1.165) is 19.2 Å². The van der Waals surface area contributed by atoms with E-state index in [0.29, 0.717) is 23.1 Å². The van der Waals surface area contributed by atoms with E-state index in [4.69, 9.17) is 5.73 Å². The lowest BCUT2D eigenvalue weighted by Gasteiger charge is -2.27. The van der Waals surface area contributed by atoms with Crippen LogP contribution in [0.15, 0.2) is 30.9 Å². The second kappa shape index (κ2) is 9.97. The summed E-state index contributed by atoms with van der Waals surface area (Å²) >= 11 is -0.445. The number of nitrogens with two attached hydrogens (primary N) is 1. The van der Waals surface area contributed by atoms with E-state index in [9.17, 15) is 13.4 Å². The summed E-state index contributed by atoms with van der Waals surface area (Å²) in [5.41, 5.74) is 6.86. The van der Waals surface area contributed by atoms with Gasteiger partial charge < -0.3 is 19.9 Å². The number of piperidine rings is 1. The quantitative estimate of drug-likeness (QED) is 0.403. The lowest BCUT2D eigenvalue weighted by molar-refractivity contribution is 0.0577. The molecule has 1 fully saturated rings. The summed E-state index contributed by atoms with van der Waals surface area (Å²) in [5, 5.41) is 18.3. The molecule has 34 heavy (non-hydrogen) atoms. The van der Waals surface area contributed by atoms with Crippen molar-refractivity contribution in [2.75, 3.05) is 23.7 Å². The minimum absolute atomic E-state index is 0.0976. The average Bonchev–Trinajstić information content (AvgIpc) is 3.46. The molecular formula is C21H26F2N8O2S. The van der Waals surface area contributed by atoms with Crippen LogP contribution in [0.3, 0.4) is 0 Å². The highest BCUT2D eigenvalue weighted by molar-refractivity contribution is 7.89. The van der Waals surface area contributed by atoms with Crippen molar-refractivity contribution in [2.45, 2.75) is 45.3 Å². The minimum atomic E-state index is -0.718. The Morgan fingerprint density at radius 2 is 1.97 bits per heavy atom. The van der Waals surface area contributed by atoms with Crippen molar-refractivity contribution < 1.29 is 17.6 Å². The molecule has 10 nitrogen and oxygen atoms in total. The van der Waals surface area contributed by atoms with Crippen LogP contribution in [0, 0.1) is 5.82 Å². The Bertz CT molecular complexity index is 1270. The number of hydrogen-bond donors (Lipinski definition) is 2. The van der Waals surface area contributed by atoms with Crippen molar-refractivity contribution >= 4 is 40.6 Å². The van der Waals surface area contributed by atoms with Crippen LogP contribution < -0.4 is 14.8 Å². The molecule has 0 unspecified atom stereocenters. The van der Waals surface area contributed by atoms with Gasteiger partial charge in [-0.25, -0.2) is 14.4 Å². The maximum atomic E-state index is 13.6. The maximum absolute atomic E-state index is 13.6. The summed E-state index contributed by atoms with van der Waals surface area (Å²) < 4.78 is 33.2. The van der Waals surface area contributed by atoms with Crippen molar-refractivity contribution in [1.29, 1.82) is 0 Å². The normalized spacial score (nSPS) is 14.3. The highest BCUT2D eigenvalue weighted by Gasteiger charge is 2.17. The predicted molar refractivity (Wildman–Crippen MR) is 127 cm³/mol. The van der Waals surface area contributed by atoms with Crippen molar-refractivity contribution in [3.05, 3.63) is 36.7 Å². The Hall–Kier alpha value is -3.19. The Balaban J connectivity index is 0.000000162. The molecule has 0 spiro atoms. The maximum Gasteiger partial charge on any atom is 0.272 e. The summed E-state index contributed by atoms with van der Waals surface area (Å²) in [5.74, 6) is -0.879. The predicted octanol–water partition coefficient (Wildman–Crippen LogP) is 3.55. The van der Waals surface area contributed by atoms with Crippen LogP contribution in [0.5, 0.6) is 5.75 Å². The third-order valence-electron chi connectivity index (χ3n) is 5.30. The van der Waals surface area contributed by atoms with Gasteiger partial charge in [-0.1, -0.05) is 0 Å². The highest BCUT2D eigenvalue weighted by Crippen LogP contribution is 2.29. The largest absolute Gasteiger partial charge is 0.394 e. The number of aromatic nitrogens is 6. The number of aliphatic hydroxyl groups is 1. The fraction of sp³-hybridized carbons (Fsp3) is 0.429. The van der Waals surface area contributed by atoms with Crippen LogP contribution in [0.1, 0.15) is 33.1 Å². The van der Waals surface area contributed by atoms with E-state index < -0.39 is 23.8 Å². The Morgan fingerprint density at radius 1 is 1.21 bits per heavy atom. The van der Waals surface area contributed by atoms with Gasteiger partial charge in [-0.15, -0.1) is 3.89 Å². The molecule has 3 N–H and O–H groups in total. The summed E-state index contributed by atoms with van der Waals surface area (Å²) in [6.45, 7) is 6.41. The van der Waals surface area contributed by atoms with E-state index in [-0.39, 0.29) is 11.7 Å². The topological polar surface area (TPSA) is 120 Å². The molecule has 1 aliphatic heterocycles. The van der Waals surface area contributed by atoms with E-state index in [1.165, 1.54) is 41.9 Å².